The number of nitrogens with zero attached hydrogens (tertiary/aromatic N) is 2. The fourth-order valence-corrected chi connectivity index (χ4v) is 1.89. The molecule has 0 bridgehead atoms. The maximum atomic E-state index is 4.64. The SMILES string of the molecule is CCCc1nc2ccccc2n1CC. The Morgan fingerprint density at radius 3 is 2.71 bits per heavy atom. The minimum Gasteiger partial charge on any atom is -0.328 e. The maximum Gasteiger partial charge on any atom is 0.109 e. The van der Waals surface area contributed by atoms with Crippen LogP contribution in [0.5, 0.6) is 0 Å². The Morgan fingerprint density at radius 2 is 2.00 bits per heavy atom. The predicted octanol–water partition coefficient (Wildman–Crippen LogP) is 3.01. The van der Waals surface area contributed by atoms with Gasteiger partial charge in [-0.05, 0) is 25.5 Å². The molecule has 0 N–H and O–H groups in total. The van der Waals surface area contributed by atoms with E-state index in [2.05, 4.69) is 41.6 Å². The summed E-state index contributed by atoms with van der Waals surface area (Å²) in [7, 11) is 0. The average Bonchev–Trinajstić information content (AvgIpc) is 2.55. The predicted molar refractivity (Wildman–Crippen MR) is 59.4 cm³/mol. The second-order valence-corrected chi connectivity index (χ2v) is 3.51. The van der Waals surface area contributed by atoms with E-state index >= 15 is 0 Å². The molecule has 0 radical (unpaired) electrons. The molecule has 2 nitrogen and oxygen atoms in total. The summed E-state index contributed by atoms with van der Waals surface area (Å²) < 4.78 is 2.30. The first kappa shape index (κ1) is 9.25. The molecule has 0 aliphatic heterocycles. The summed E-state index contributed by atoms with van der Waals surface area (Å²) in [6.45, 7) is 5.38. The smallest absolute Gasteiger partial charge is 0.109 e. The molecule has 0 spiro atoms. The van der Waals surface area contributed by atoms with Gasteiger partial charge in [0.25, 0.3) is 0 Å². The number of fused-ring (bicyclic) bond motifs is 1. The topological polar surface area (TPSA) is 17.8 Å². The molecule has 0 atom stereocenters. The van der Waals surface area contributed by atoms with Gasteiger partial charge in [-0.3, -0.25) is 0 Å². The number of aryl methyl sites for hydroxylation is 2. The van der Waals surface area contributed by atoms with Gasteiger partial charge in [-0.2, -0.15) is 0 Å². The van der Waals surface area contributed by atoms with Crippen molar-refractivity contribution in [3.05, 3.63) is 30.1 Å². The standard InChI is InChI=1S/C12H16N2/c1-3-7-12-13-10-8-5-6-9-11(10)14(12)4-2/h5-6,8-9H,3-4,7H2,1-2H3. The molecule has 0 amide bonds. The zero-order valence-electron chi connectivity index (χ0n) is 8.83. The van der Waals surface area contributed by atoms with E-state index in [1.165, 1.54) is 11.3 Å². The van der Waals surface area contributed by atoms with Gasteiger partial charge in [-0.25, -0.2) is 4.98 Å². The van der Waals surface area contributed by atoms with Crippen molar-refractivity contribution >= 4 is 11.0 Å². The lowest BCUT2D eigenvalue weighted by atomic mass is 10.3. The van der Waals surface area contributed by atoms with Crippen molar-refractivity contribution in [2.45, 2.75) is 33.2 Å². The molecule has 0 unspecified atom stereocenters. The summed E-state index contributed by atoms with van der Waals surface area (Å²) in [6.07, 6.45) is 2.23. The van der Waals surface area contributed by atoms with E-state index in [9.17, 15) is 0 Å². The highest BCUT2D eigenvalue weighted by Gasteiger charge is 2.06. The van der Waals surface area contributed by atoms with Crippen molar-refractivity contribution in [3.8, 4) is 0 Å². The second kappa shape index (κ2) is 3.82. The zero-order chi connectivity index (χ0) is 9.97. The molecule has 2 heteroatoms. The van der Waals surface area contributed by atoms with Crippen molar-refractivity contribution in [3.63, 3.8) is 0 Å². The number of benzene rings is 1. The summed E-state index contributed by atoms with van der Waals surface area (Å²) in [5.41, 5.74) is 2.39. The van der Waals surface area contributed by atoms with Crippen LogP contribution in [0.1, 0.15) is 26.1 Å². The highest BCUT2D eigenvalue weighted by atomic mass is 15.1. The van der Waals surface area contributed by atoms with Crippen LogP contribution in [0.2, 0.25) is 0 Å². The molecular formula is C12H16N2. The van der Waals surface area contributed by atoms with Crippen LogP contribution in [-0.4, -0.2) is 9.55 Å². The molecular weight excluding hydrogens is 172 g/mol. The van der Waals surface area contributed by atoms with Crippen LogP contribution in [0.15, 0.2) is 24.3 Å². The number of aromatic nitrogens is 2. The van der Waals surface area contributed by atoms with Crippen LogP contribution in [0, 0.1) is 0 Å². The zero-order valence-corrected chi connectivity index (χ0v) is 8.83. The fraction of sp³-hybridized carbons (Fsp3) is 0.417. The average molecular weight is 188 g/mol. The molecule has 1 aromatic heterocycles. The summed E-state index contributed by atoms with van der Waals surface area (Å²) in [5.74, 6) is 1.22. The van der Waals surface area contributed by atoms with Crippen molar-refractivity contribution in [1.29, 1.82) is 0 Å². The maximum absolute atomic E-state index is 4.64. The Hall–Kier alpha value is -1.31. The number of rotatable bonds is 3. The lowest BCUT2D eigenvalue weighted by molar-refractivity contribution is 0.700. The van der Waals surface area contributed by atoms with Crippen molar-refractivity contribution in [1.82, 2.24) is 9.55 Å². The van der Waals surface area contributed by atoms with Gasteiger partial charge >= 0.3 is 0 Å². The highest BCUT2D eigenvalue weighted by Crippen LogP contribution is 2.16. The van der Waals surface area contributed by atoms with Crippen molar-refractivity contribution in [2.75, 3.05) is 0 Å². The lowest BCUT2D eigenvalue weighted by Gasteiger charge is -2.03. The Labute approximate surface area is 84.6 Å². The van der Waals surface area contributed by atoms with Gasteiger partial charge in [-0.1, -0.05) is 19.1 Å². The first-order chi connectivity index (χ1) is 6.86. The summed E-state index contributed by atoms with van der Waals surface area (Å²) in [4.78, 5) is 4.64. The number of imidazole rings is 1. The number of hydrogen-bond acceptors (Lipinski definition) is 1. The normalized spacial score (nSPS) is 11.0. The van der Waals surface area contributed by atoms with Crippen LogP contribution < -0.4 is 0 Å². The lowest BCUT2D eigenvalue weighted by Crippen LogP contribution is -2.00. The van der Waals surface area contributed by atoms with E-state index in [0.717, 1.165) is 24.9 Å². The Kier molecular flexibility index (Phi) is 2.53. The van der Waals surface area contributed by atoms with Crippen LogP contribution in [0.4, 0.5) is 0 Å². The molecule has 0 saturated heterocycles. The Bertz CT molecular complexity index is 429. The van der Waals surface area contributed by atoms with E-state index in [1.54, 1.807) is 0 Å². The fourth-order valence-electron chi connectivity index (χ4n) is 1.89. The van der Waals surface area contributed by atoms with Crippen LogP contribution >= 0.6 is 0 Å². The molecule has 2 rings (SSSR count). The third-order valence-electron chi connectivity index (χ3n) is 2.52. The third kappa shape index (κ3) is 1.41. The van der Waals surface area contributed by atoms with Crippen molar-refractivity contribution in [2.24, 2.45) is 0 Å². The summed E-state index contributed by atoms with van der Waals surface area (Å²) in [5, 5.41) is 0. The van der Waals surface area contributed by atoms with Crippen molar-refractivity contribution < 1.29 is 0 Å². The van der Waals surface area contributed by atoms with Gasteiger partial charge in [0.2, 0.25) is 0 Å². The van der Waals surface area contributed by atoms with Crippen LogP contribution in [0.3, 0.4) is 0 Å². The van der Waals surface area contributed by atoms with Gasteiger partial charge in [0.05, 0.1) is 11.0 Å². The Morgan fingerprint density at radius 1 is 1.21 bits per heavy atom. The monoisotopic (exact) mass is 188 g/mol. The number of para-hydroxylation sites is 2. The molecule has 0 saturated carbocycles. The Balaban J connectivity index is 2.60. The second-order valence-electron chi connectivity index (χ2n) is 3.51. The molecule has 0 aliphatic carbocycles. The molecule has 1 heterocycles. The van der Waals surface area contributed by atoms with E-state index in [4.69, 9.17) is 0 Å². The van der Waals surface area contributed by atoms with Crippen LogP contribution in [-0.2, 0) is 13.0 Å². The number of hydrogen-bond donors (Lipinski definition) is 0. The van der Waals surface area contributed by atoms with Crippen LogP contribution in [0.25, 0.3) is 11.0 Å². The highest BCUT2D eigenvalue weighted by molar-refractivity contribution is 5.75. The quantitative estimate of drug-likeness (QED) is 0.724. The van der Waals surface area contributed by atoms with Gasteiger partial charge in [-0.15, -0.1) is 0 Å². The molecule has 0 aliphatic rings. The minimum absolute atomic E-state index is 1.01. The molecule has 0 fully saturated rings. The van der Waals surface area contributed by atoms with Gasteiger partial charge in [0.15, 0.2) is 0 Å². The molecule has 74 valence electrons. The van der Waals surface area contributed by atoms with Gasteiger partial charge < -0.3 is 4.57 Å². The minimum atomic E-state index is 1.01. The molecule has 2 aromatic rings. The van der Waals surface area contributed by atoms with E-state index in [0.29, 0.717) is 0 Å². The summed E-state index contributed by atoms with van der Waals surface area (Å²) in [6, 6.07) is 8.35. The molecule has 14 heavy (non-hydrogen) atoms. The van der Waals surface area contributed by atoms with E-state index in [1.807, 2.05) is 6.07 Å². The first-order valence-electron chi connectivity index (χ1n) is 5.31. The largest absolute Gasteiger partial charge is 0.328 e. The van der Waals surface area contributed by atoms with Gasteiger partial charge in [0.1, 0.15) is 5.82 Å². The van der Waals surface area contributed by atoms with E-state index in [-0.39, 0.29) is 0 Å². The summed E-state index contributed by atoms with van der Waals surface area (Å²) >= 11 is 0. The third-order valence-corrected chi connectivity index (χ3v) is 2.52. The molecule has 1 aromatic carbocycles. The van der Waals surface area contributed by atoms with Gasteiger partial charge in [0, 0.05) is 13.0 Å². The van der Waals surface area contributed by atoms with E-state index < -0.39 is 0 Å². The first-order valence-corrected chi connectivity index (χ1v) is 5.31.